The van der Waals surface area contributed by atoms with E-state index in [4.69, 9.17) is 4.74 Å². The first-order valence-electron chi connectivity index (χ1n) is 4.14. The van der Waals surface area contributed by atoms with E-state index >= 15 is 0 Å². The molecular formula is C9H15BrO. The fourth-order valence-electron chi connectivity index (χ4n) is 1.34. The standard InChI is InChI=1S/C9H15BrO/c1-8(6-10)5-9-3-2-4-11-7-9/h5,9H,2-4,6-7H2,1H3/b8-5+. The van der Waals surface area contributed by atoms with Crippen molar-refractivity contribution in [3.63, 3.8) is 0 Å². The summed E-state index contributed by atoms with van der Waals surface area (Å²) in [4.78, 5) is 0. The molecule has 1 aliphatic rings. The number of allylic oxidation sites excluding steroid dienone is 1. The van der Waals surface area contributed by atoms with Crippen LogP contribution in [0.3, 0.4) is 0 Å². The highest BCUT2D eigenvalue weighted by atomic mass is 79.9. The van der Waals surface area contributed by atoms with E-state index in [1.54, 1.807) is 0 Å². The molecule has 2 heteroatoms. The maximum atomic E-state index is 5.37. The van der Waals surface area contributed by atoms with Gasteiger partial charge in [-0.1, -0.05) is 27.6 Å². The van der Waals surface area contributed by atoms with E-state index in [1.807, 2.05) is 0 Å². The van der Waals surface area contributed by atoms with Gasteiger partial charge in [-0.15, -0.1) is 0 Å². The topological polar surface area (TPSA) is 9.23 Å². The van der Waals surface area contributed by atoms with Crippen LogP contribution in [0.15, 0.2) is 11.6 Å². The van der Waals surface area contributed by atoms with E-state index in [2.05, 4.69) is 28.9 Å². The predicted molar refractivity (Wildman–Crippen MR) is 51.1 cm³/mol. The Morgan fingerprint density at radius 1 is 1.73 bits per heavy atom. The third kappa shape index (κ3) is 3.39. The normalized spacial score (nSPS) is 27.1. The predicted octanol–water partition coefficient (Wildman–Crippen LogP) is 2.75. The lowest BCUT2D eigenvalue weighted by Gasteiger charge is -2.19. The molecule has 1 atom stereocenters. The summed E-state index contributed by atoms with van der Waals surface area (Å²) in [7, 11) is 0. The molecule has 0 aromatic heterocycles. The number of hydrogen-bond donors (Lipinski definition) is 0. The number of hydrogen-bond acceptors (Lipinski definition) is 1. The molecule has 1 aliphatic heterocycles. The molecule has 1 saturated heterocycles. The smallest absolute Gasteiger partial charge is 0.0528 e. The van der Waals surface area contributed by atoms with Gasteiger partial charge in [-0.05, 0) is 19.8 Å². The Bertz CT molecular complexity index is 136. The third-order valence-electron chi connectivity index (χ3n) is 1.93. The van der Waals surface area contributed by atoms with Gasteiger partial charge in [0, 0.05) is 17.9 Å². The summed E-state index contributed by atoms with van der Waals surface area (Å²) in [5, 5.41) is 0.990. The van der Waals surface area contributed by atoms with Gasteiger partial charge in [0.25, 0.3) is 0 Å². The van der Waals surface area contributed by atoms with Crippen molar-refractivity contribution in [3.8, 4) is 0 Å². The number of ether oxygens (including phenoxy) is 1. The zero-order chi connectivity index (χ0) is 8.10. The van der Waals surface area contributed by atoms with E-state index in [1.165, 1.54) is 18.4 Å². The van der Waals surface area contributed by atoms with Crippen molar-refractivity contribution in [2.75, 3.05) is 18.5 Å². The largest absolute Gasteiger partial charge is 0.381 e. The van der Waals surface area contributed by atoms with Crippen LogP contribution in [-0.4, -0.2) is 18.5 Å². The first kappa shape index (κ1) is 9.27. The third-order valence-corrected chi connectivity index (χ3v) is 2.81. The number of halogens is 1. The van der Waals surface area contributed by atoms with Gasteiger partial charge in [0.2, 0.25) is 0 Å². The highest BCUT2D eigenvalue weighted by Crippen LogP contribution is 2.16. The maximum absolute atomic E-state index is 5.37. The minimum absolute atomic E-state index is 0.668. The molecule has 1 fully saturated rings. The summed E-state index contributed by atoms with van der Waals surface area (Å²) in [6, 6.07) is 0. The van der Waals surface area contributed by atoms with E-state index in [-0.39, 0.29) is 0 Å². The molecule has 0 aromatic carbocycles. The average molecular weight is 219 g/mol. The second-order valence-electron chi connectivity index (χ2n) is 3.12. The average Bonchev–Trinajstić information content (AvgIpc) is 2.06. The van der Waals surface area contributed by atoms with Gasteiger partial charge in [0.1, 0.15) is 0 Å². The van der Waals surface area contributed by atoms with Gasteiger partial charge in [-0.25, -0.2) is 0 Å². The Balaban J connectivity index is 2.34. The molecule has 0 radical (unpaired) electrons. The van der Waals surface area contributed by atoms with Crippen molar-refractivity contribution in [1.82, 2.24) is 0 Å². The summed E-state index contributed by atoms with van der Waals surface area (Å²) in [6.07, 6.45) is 4.84. The molecule has 0 aliphatic carbocycles. The molecule has 0 spiro atoms. The van der Waals surface area contributed by atoms with E-state index < -0.39 is 0 Å². The molecule has 1 unspecified atom stereocenters. The molecule has 64 valence electrons. The maximum Gasteiger partial charge on any atom is 0.0528 e. The lowest BCUT2D eigenvalue weighted by Crippen LogP contribution is -2.15. The second kappa shape index (κ2) is 4.94. The molecule has 1 nitrogen and oxygen atoms in total. The van der Waals surface area contributed by atoms with Crippen LogP contribution < -0.4 is 0 Å². The number of alkyl halides is 1. The molecule has 1 rings (SSSR count). The van der Waals surface area contributed by atoms with E-state index in [9.17, 15) is 0 Å². The highest BCUT2D eigenvalue weighted by Gasteiger charge is 2.10. The van der Waals surface area contributed by atoms with Crippen LogP contribution in [0.4, 0.5) is 0 Å². The molecule has 0 bridgehead atoms. The van der Waals surface area contributed by atoms with Crippen molar-refractivity contribution >= 4 is 15.9 Å². The minimum Gasteiger partial charge on any atom is -0.381 e. The monoisotopic (exact) mass is 218 g/mol. The van der Waals surface area contributed by atoms with Crippen LogP contribution in [0.5, 0.6) is 0 Å². The first-order valence-corrected chi connectivity index (χ1v) is 5.26. The van der Waals surface area contributed by atoms with Gasteiger partial charge in [0.15, 0.2) is 0 Å². The van der Waals surface area contributed by atoms with Crippen LogP contribution in [0.2, 0.25) is 0 Å². The van der Waals surface area contributed by atoms with Crippen LogP contribution in [0.1, 0.15) is 19.8 Å². The Labute approximate surface area is 76.9 Å². The summed E-state index contributed by atoms with van der Waals surface area (Å²) in [5.41, 5.74) is 1.42. The second-order valence-corrected chi connectivity index (χ2v) is 3.68. The van der Waals surface area contributed by atoms with Gasteiger partial charge in [-0.3, -0.25) is 0 Å². The first-order chi connectivity index (χ1) is 5.33. The fourth-order valence-corrected chi connectivity index (χ4v) is 1.53. The molecular weight excluding hydrogens is 204 g/mol. The Kier molecular flexibility index (Phi) is 4.16. The lowest BCUT2D eigenvalue weighted by molar-refractivity contribution is 0.0708. The van der Waals surface area contributed by atoms with Gasteiger partial charge in [-0.2, -0.15) is 0 Å². The number of rotatable bonds is 2. The van der Waals surface area contributed by atoms with Gasteiger partial charge < -0.3 is 4.74 Å². The van der Waals surface area contributed by atoms with Crippen LogP contribution in [0.25, 0.3) is 0 Å². The SMILES string of the molecule is C/C(=C\C1CCCOC1)CBr. The van der Waals surface area contributed by atoms with Crippen molar-refractivity contribution < 1.29 is 4.74 Å². The molecule has 0 amide bonds. The summed E-state index contributed by atoms with van der Waals surface area (Å²) in [5.74, 6) is 0.668. The van der Waals surface area contributed by atoms with Crippen LogP contribution in [-0.2, 0) is 4.74 Å². The van der Waals surface area contributed by atoms with Gasteiger partial charge in [0.05, 0.1) is 6.61 Å². The van der Waals surface area contributed by atoms with E-state index in [0.29, 0.717) is 5.92 Å². The van der Waals surface area contributed by atoms with Crippen LogP contribution in [0, 0.1) is 5.92 Å². The van der Waals surface area contributed by atoms with Crippen molar-refractivity contribution in [2.45, 2.75) is 19.8 Å². The summed E-state index contributed by atoms with van der Waals surface area (Å²) in [6.45, 7) is 4.03. The molecule has 0 saturated carbocycles. The Morgan fingerprint density at radius 3 is 3.09 bits per heavy atom. The molecule has 0 N–H and O–H groups in total. The minimum atomic E-state index is 0.668. The van der Waals surface area contributed by atoms with Crippen molar-refractivity contribution in [2.24, 2.45) is 5.92 Å². The highest BCUT2D eigenvalue weighted by molar-refractivity contribution is 9.09. The zero-order valence-corrected chi connectivity index (χ0v) is 8.56. The molecule has 0 aromatic rings. The van der Waals surface area contributed by atoms with E-state index in [0.717, 1.165) is 18.5 Å². The quantitative estimate of drug-likeness (QED) is 0.512. The Hall–Kier alpha value is 0.180. The summed E-state index contributed by atoms with van der Waals surface area (Å²) >= 11 is 3.43. The zero-order valence-electron chi connectivity index (χ0n) is 6.98. The Morgan fingerprint density at radius 2 is 2.55 bits per heavy atom. The fraction of sp³-hybridized carbons (Fsp3) is 0.778. The molecule has 11 heavy (non-hydrogen) atoms. The van der Waals surface area contributed by atoms with Gasteiger partial charge >= 0.3 is 0 Å². The molecule has 1 heterocycles. The van der Waals surface area contributed by atoms with Crippen LogP contribution >= 0.6 is 15.9 Å². The summed E-state index contributed by atoms with van der Waals surface area (Å²) < 4.78 is 5.37. The van der Waals surface area contributed by atoms with Crippen molar-refractivity contribution in [1.29, 1.82) is 0 Å². The van der Waals surface area contributed by atoms with Crippen molar-refractivity contribution in [3.05, 3.63) is 11.6 Å². The lowest BCUT2D eigenvalue weighted by atomic mass is 10.0.